The molecular weight excluding hydrogens is 234 g/mol. The van der Waals surface area contributed by atoms with Gasteiger partial charge in [0.15, 0.2) is 0 Å². The van der Waals surface area contributed by atoms with Crippen molar-refractivity contribution in [2.24, 2.45) is 0 Å². The first kappa shape index (κ1) is 12.3. The fourth-order valence-electron chi connectivity index (χ4n) is 2.84. The summed E-state index contributed by atoms with van der Waals surface area (Å²) in [5.74, 6) is 0.629. The largest absolute Gasteiger partial charge is 0.298 e. The second-order valence-corrected chi connectivity index (χ2v) is 5.22. The zero-order chi connectivity index (χ0) is 12.9. The number of rotatable bonds is 3. The lowest BCUT2D eigenvalue weighted by atomic mass is 9.91. The molecule has 3 heterocycles. The molecule has 3 rings (SSSR count). The topological polar surface area (TPSA) is 29.0 Å². The minimum atomic E-state index is 0.629. The van der Waals surface area contributed by atoms with Crippen molar-refractivity contribution in [3.05, 3.63) is 60.2 Å². The number of hydrogen-bond donors (Lipinski definition) is 0. The molecule has 3 nitrogen and oxygen atoms in total. The molecule has 2 aromatic heterocycles. The summed E-state index contributed by atoms with van der Waals surface area (Å²) in [5, 5.41) is 0. The summed E-state index contributed by atoms with van der Waals surface area (Å²) in [7, 11) is 0. The third kappa shape index (κ3) is 3.18. The van der Waals surface area contributed by atoms with E-state index in [0.29, 0.717) is 5.92 Å². The van der Waals surface area contributed by atoms with E-state index >= 15 is 0 Å². The van der Waals surface area contributed by atoms with E-state index in [1.165, 1.54) is 30.5 Å². The van der Waals surface area contributed by atoms with Crippen molar-refractivity contribution >= 4 is 0 Å². The molecule has 98 valence electrons. The molecule has 2 aromatic rings. The first-order chi connectivity index (χ1) is 9.42. The van der Waals surface area contributed by atoms with Crippen LogP contribution in [0.2, 0.25) is 0 Å². The van der Waals surface area contributed by atoms with Gasteiger partial charge < -0.3 is 0 Å². The Kier molecular flexibility index (Phi) is 3.84. The number of aromatic nitrogens is 2. The maximum atomic E-state index is 4.24. The predicted molar refractivity (Wildman–Crippen MR) is 75.7 cm³/mol. The average Bonchev–Trinajstić information content (AvgIpc) is 2.49. The van der Waals surface area contributed by atoms with Crippen LogP contribution in [0.3, 0.4) is 0 Å². The third-order valence-electron chi connectivity index (χ3n) is 3.82. The molecule has 0 aromatic carbocycles. The second-order valence-electron chi connectivity index (χ2n) is 5.22. The highest BCUT2D eigenvalue weighted by molar-refractivity contribution is 5.16. The van der Waals surface area contributed by atoms with Crippen LogP contribution in [0, 0.1) is 0 Å². The van der Waals surface area contributed by atoms with Gasteiger partial charge in [0.05, 0.1) is 0 Å². The van der Waals surface area contributed by atoms with E-state index in [1.807, 2.05) is 30.9 Å². The zero-order valence-electron chi connectivity index (χ0n) is 11.1. The van der Waals surface area contributed by atoms with Gasteiger partial charge in [0.1, 0.15) is 0 Å². The normalized spacial score (nSPS) is 20.3. The first-order valence-electron chi connectivity index (χ1n) is 6.93. The second kappa shape index (κ2) is 5.93. The zero-order valence-corrected chi connectivity index (χ0v) is 11.1. The monoisotopic (exact) mass is 253 g/mol. The molecule has 0 unspecified atom stereocenters. The van der Waals surface area contributed by atoms with Crippen LogP contribution in [-0.2, 0) is 6.54 Å². The van der Waals surface area contributed by atoms with Gasteiger partial charge in [-0.05, 0) is 54.6 Å². The average molecular weight is 253 g/mol. The number of hydrogen-bond acceptors (Lipinski definition) is 3. The lowest BCUT2D eigenvalue weighted by Gasteiger charge is -2.32. The Balaban J connectivity index is 1.65. The van der Waals surface area contributed by atoms with E-state index in [-0.39, 0.29) is 0 Å². The molecule has 0 bridgehead atoms. The van der Waals surface area contributed by atoms with Gasteiger partial charge in [-0.15, -0.1) is 0 Å². The quantitative estimate of drug-likeness (QED) is 0.842. The van der Waals surface area contributed by atoms with E-state index in [0.717, 1.165) is 13.1 Å². The Morgan fingerprint density at radius 2 is 2.00 bits per heavy atom. The SMILES string of the molecule is c1cncc([C@H]2CCCN(Cc3ccncc3)C2)c1. The molecule has 19 heavy (non-hydrogen) atoms. The highest BCUT2D eigenvalue weighted by atomic mass is 15.1. The Hall–Kier alpha value is -1.74. The fraction of sp³-hybridized carbons (Fsp3) is 0.375. The summed E-state index contributed by atoms with van der Waals surface area (Å²) >= 11 is 0. The molecular formula is C16H19N3. The van der Waals surface area contributed by atoms with Crippen LogP contribution in [0.15, 0.2) is 49.1 Å². The van der Waals surface area contributed by atoms with Gasteiger partial charge >= 0.3 is 0 Å². The van der Waals surface area contributed by atoms with Crippen LogP contribution in [-0.4, -0.2) is 28.0 Å². The van der Waals surface area contributed by atoms with Gasteiger partial charge in [0.25, 0.3) is 0 Å². The van der Waals surface area contributed by atoms with Crippen LogP contribution >= 0.6 is 0 Å². The lowest BCUT2D eigenvalue weighted by molar-refractivity contribution is 0.200. The molecule has 0 amide bonds. The molecule has 1 atom stereocenters. The number of nitrogens with zero attached hydrogens (tertiary/aromatic N) is 3. The van der Waals surface area contributed by atoms with E-state index in [1.54, 1.807) is 0 Å². The highest BCUT2D eigenvalue weighted by Gasteiger charge is 2.21. The Labute approximate surface area is 114 Å². The number of piperidine rings is 1. The van der Waals surface area contributed by atoms with Gasteiger partial charge in [-0.25, -0.2) is 0 Å². The van der Waals surface area contributed by atoms with Crippen LogP contribution in [0.1, 0.15) is 29.9 Å². The van der Waals surface area contributed by atoms with Gasteiger partial charge in [0, 0.05) is 37.9 Å². The molecule has 1 aliphatic rings. The Morgan fingerprint density at radius 1 is 1.11 bits per heavy atom. The summed E-state index contributed by atoms with van der Waals surface area (Å²) in [6.45, 7) is 3.35. The van der Waals surface area contributed by atoms with Crippen molar-refractivity contribution in [1.29, 1.82) is 0 Å². The van der Waals surface area contributed by atoms with E-state index in [4.69, 9.17) is 0 Å². The summed E-state index contributed by atoms with van der Waals surface area (Å²) in [5.41, 5.74) is 2.73. The minimum absolute atomic E-state index is 0.629. The Morgan fingerprint density at radius 3 is 2.79 bits per heavy atom. The molecule has 0 aliphatic carbocycles. The smallest absolute Gasteiger partial charge is 0.0303 e. The van der Waals surface area contributed by atoms with Crippen LogP contribution in [0.5, 0.6) is 0 Å². The van der Waals surface area contributed by atoms with Crippen molar-refractivity contribution in [2.45, 2.75) is 25.3 Å². The van der Waals surface area contributed by atoms with Crippen molar-refractivity contribution < 1.29 is 0 Å². The van der Waals surface area contributed by atoms with E-state index < -0.39 is 0 Å². The standard InChI is InChI=1S/C16H19N3/c1-3-15(11-18-7-1)16-4-2-10-19(13-16)12-14-5-8-17-9-6-14/h1,3,5-9,11,16H,2,4,10,12-13H2/t16-/m0/s1. The number of likely N-dealkylation sites (tertiary alicyclic amines) is 1. The summed E-state index contributed by atoms with van der Waals surface area (Å²) < 4.78 is 0. The molecule has 1 aliphatic heterocycles. The van der Waals surface area contributed by atoms with Crippen molar-refractivity contribution in [1.82, 2.24) is 14.9 Å². The molecule has 1 fully saturated rings. The predicted octanol–water partition coefficient (Wildman–Crippen LogP) is 2.86. The van der Waals surface area contributed by atoms with E-state index in [2.05, 4.69) is 33.1 Å². The van der Waals surface area contributed by atoms with Crippen molar-refractivity contribution in [2.75, 3.05) is 13.1 Å². The molecule has 0 spiro atoms. The highest BCUT2D eigenvalue weighted by Crippen LogP contribution is 2.26. The molecule has 1 saturated heterocycles. The fourth-order valence-corrected chi connectivity index (χ4v) is 2.84. The van der Waals surface area contributed by atoms with Gasteiger partial charge in [-0.1, -0.05) is 6.07 Å². The van der Waals surface area contributed by atoms with Crippen molar-refractivity contribution in [3.8, 4) is 0 Å². The molecule has 3 heteroatoms. The summed E-state index contributed by atoms with van der Waals surface area (Å²) in [6.07, 6.45) is 10.2. The van der Waals surface area contributed by atoms with Crippen LogP contribution in [0.25, 0.3) is 0 Å². The maximum absolute atomic E-state index is 4.24. The summed E-state index contributed by atoms with van der Waals surface area (Å²) in [6, 6.07) is 8.45. The van der Waals surface area contributed by atoms with Gasteiger partial charge in [-0.3, -0.25) is 14.9 Å². The first-order valence-corrected chi connectivity index (χ1v) is 6.93. The lowest BCUT2D eigenvalue weighted by Crippen LogP contribution is -2.33. The molecule has 0 radical (unpaired) electrons. The van der Waals surface area contributed by atoms with E-state index in [9.17, 15) is 0 Å². The Bertz CT molecular complexity index is 498. The van der Waals surface area contributed by atoms with Crippen LogP contribution in [0.4, 0.5) is 0 Å². The van der Waals surface area contributed by atoms with Crippen LogP contribution < -0.4 is 0 Å². The maximum Gasteiger partial charge on any atom is 0.0303 e. The van der Waals surface area contributed by atoms with Crippen molar-refractivity contribution in [3.63, 3.8) is 0 Å². The van der Waals surface area contributed by atoms with Gasteiger partial charge in [0.2, 0.25) is 0 Å². The van der Waals surface area contributed by atoms with Gasteiger partial charge in [-0.2, -0.15) is 0 Å². The summed E-state index contributed by atoms with van der Waals surface area (Å²) in [4.78, 5) is 10.9. The minimum Gasteiger partial charge on any atom is -0.298 e. The molecule has 0 saturated carbocycles. The number of pyridine rings is 2. The molecule has 0 N–H and O–H groups in total. The third-order valence-corrected chi connectivity index (χ3v) is 3.82.